The summed E-state index contributed by atoms with van der Waals surface area (Å²) in [5, 5.41) is 5.19. The standard InChI is InChI=1S/C13H20ClN3O/c1-3-17-12(13(14)10(2)15-17)8-16-6-4-5-11(7-16)9-18/h9,11H,3-8H2,1-2H3. The molecule has 5 heteroatoms. The molecule has 1 aliphatic heterocycles. The molecule has 4 nitrogen and oxygen atoms in total. The molecule has 2 heterocycles. The molecule has 0 radical (unpaired) electrons. The Balaban J connectivity index is 2.11. The van der Waals surface area contributed by atoms with Gasteiger partial charge in [0.15, 0.2) is 0 Å². The Morgan fingerprint density at radius 1 is 1.56 bits per heavy atom. The van der Waals surface area contributed by atoms with Crippen LogP contribution in [0.1, 0.15) is 31.2 Å². The molecule has 18 heavy (non-hydrogen) atoms. The molecule has 1 unspecified atom stereocenters. The molecular weight excluding hydrogens is 250 g/mol. The van der Waals surface area contributed by atoms with E-state index >= 15 is 0 Å². The van der Waals surface area contributed by atoms with Crippen LogP contribution in [0.5, 0.6) is 0 Å². The van der Waals surface area contributed by atoms with Gasteiger partial charge in [0.1, 0.15) is 6.29 Å². The van der Waals surface area contributed by atoms with E-state index in [1.54, 1.807) is 0 Å². The Bertz CT molecular complexity index is 430. The maximum atomic E-state index is 10.9. The maximum absolute atomic E-state index is 10.9. The highest BCUT2D eigenvalue weighted by Crippen LogP contribution is 2.24. The van der Waals surface area contributed by atoms with Crippen molar-refractivity contribution in [2.75, 3.05) is 13.1 Å². The number of piperidine rings is 1. The number of aryl methyl sites for hydroxylation is 2. The Kier molecular flexibility index (Phi) is 4.40. The number of rotatable bonds is 4. The molecule has 1 fully saturated rings. The first-order chi connectivity index (χ1) is 8.65. The lowest BCUT2D eigenvalue weighted by atomic mass is 10.00. The molecule has 0 bridgehead atoms. The predicted octanol–water partition coefficient (Wildman–Crippen LogP) is 2.28. The number of aldehydes is 1. The largest absolute Gasteiger partial charge is 0.303 e. The summed E-state index contributed by atoms with van der Waals surface area (Å²) in [4.78, 5) is 13.2. The van der Waals surface area contributed by atoms with E-state index in [0.29, 0.717) is 0 Å². The number of hydrogen-bond acceptors (Lipinski definition) is 3. The SMILES string of the molecule is CCn1nc(C)c(Cl)c1CN1CCCC(C=O)C1. The smallest absolute Gasteiger partial charge is 0.124 e. The molecule has 0 aromatic carbocycles. The third kappa shape index (κ3) is 2.75. The van der Waals surface area contributed by atoms with Crippen LogP contribution in [-0.2, 0) is 17.9 Å². The van der Waals surface area contributed by atoms with Crippen molar-refractivity contribution < 1.29 is 4.79 Å². The zero-order valence-electron chi connectivity index (χ0n) is 11.0. The van der Waals surface area contributed by atoms with Crippen molar-refractivity contribution in [2.24, 2.45) is 5.92 Å². The minimum atomic E-state index is 0.177. The summed E-state index contributed by atoms with van der Waals surface area (Å²) in [7, 11) is 0. The number of hydrogen-bond donors (Lipinski definition) is 0. The van der Waals surface area contributed by atoms with Crippen LogP contribution < -0.4 is 0 Å². The second-order valence-electron chi connectivity index (χ2n) is 4.94. The van der Waals surface area contributed by atoms with Crippen LogP contribution in [0.25, 0.3) is 0 Å². The average Bonchev–Trinajstić information content (AvgIpc) is 2.67. The van der Waals surface area contributed by atoms with Gasteiger partial charge in [-0.3, -0.25) is 9.58 Å². The molecule has 1 aliphatic rings. The van der Waals surface area contributed by atoms with Gasteiger partial charge in [0.05, 0.1) is 16.4 Å². The van der Waals surface area contributed by atoms with Gasteiger partial charge in [-0.25, -0.2) is 0 Å². The fourth-order valence-corrected chi connectivity index (χ4v) is 2.77. The molecule has 0 spiro atoms. The van der Waals surface area contributed by atoms with E-state index in [0.717, 1.165) is 61.7 Å². The third-order valence-corrected chi connectivity index (χ3v) is 4.05. The second kappa shape index (κ2) is 5.85. The number of carbonyl (C=O) groups is 1. The molecule has 1 saturated heterocycles. The average molecular weight is 270 g/mol. The van der Waals surface area contributed by atoms with Gasteiger partial charge in [-0.15, -0.1) is 0 Å². The second-order valence-corrected chi connectivity index (χ2v) is 5.31. The van der Waals surface area contributed by atoms with Gasteiger partial charge in [0.2, 0.25) is 0 Å². The third-order valence-electron chi connectivity index (χ3n) is 3.56. The number of aromatic nitrogens is 2. The van der Waals surface area contributed by atoms with Crippen LogP contribution in [-0.4, -0.2) is 34.1 Å². The van der Waals surface area contributed by atoms with Crippen LogP contribution >= 0.6 is 11.6 Å². The molecule has 1 aromatic rings. The van der Waals surface area contributed by atoms with Crippen LogP contribution in [0.15, 0.2) is 0 Å². The molecule has 1 aromatic heterocycles. The van der Waals surface area contributed by atoms with Crippen LogP contribution in [0.3, 0.4) is 0 Å². The summed E-state index contributed by atoms with van der Waals surface area (Å²) >= 11 is 6.30. The van der Waals surface area contributed by atoms with Crippen LogP contribution in [0.2, 0.25) is 5.02 Å². The molecule has 100 valence electrons. The molecule has 2 rings (SSSR count). The van der Waals surface area contributed by atoms with Gasteiger partial charge in [0.25, 0.3) is 0 Å². The monoisotopic (exact) mass is 269 g/mol. The van der Waals surface area contributed by atoms with Crippen LogP contribution in [0, 0.1) is 12.8 Å². The Labute approximate surface area is 113 Å². The Morgan fingerprint density at radius 2 is 2.33 bits per heavy atom. The Morgan fingerprint density at radius 3 is 3.00 bits per heavy atom. The summed E-state index contributed by atoms with van der Waals surface area (Å²) in [5.74, 6) is 0.177. The molecular formula is C13H20ClN3O. The van der Waals surface area contributed by atoms with E-state index in [1.807, 2.05) is 11.6 Å². The summed E-state index contributed by atoms with van der Waals surface area (Å²) in [6.45, 7) is 7.49. The lowest BCUT2D eigenvalue weighted by Crippen LogP contribution is -2.36. The first kappa shape index (κ1) is 13.6. The van der Waals surface area contributed by atoms with Gasteiger partial charge < -0.3 is 4.79 Å². The van der Waals surface area contributed by atoms with E-state index in [2.05, 4.69) is 16.9 Å². The zero-order valence-corrected chi connectivity index (χ0v) is 11.8. The normalized spacial score (nSPS) is 21.2. The van der Waals surface area contributed by atoms with Crippen molar-refractivity contribution in [1.82, 2.24) is 14.7 Å². The molecule has 1 atom stereocenters. The number of halogens is 1. The van der Waals surface area contributed by atoms with E-state index in [-0.39, 0.29) is 5.92 Å². The quantitative estimate of drug-likeness (QED) is 0.787. The van der Waals surface area contributed by atoms with Gasteiger partial charge in [-0.1, -0.05) is 11.6 Å². The van der Waals surface area contributed by atoms with Crippen molar-refractivity contribution >= 4 is 17.9 Å². The highest BCUT2D eigenvalue weighted by atomic mass is 35.5. The van der Waals surface area contributed by atoms with E-state index in [1.165, 1.54) is 0 Å². The van der Waals surface area contributed by atoms with E-state index < -0.39 is 0 Å². The molecule has 0 amide bonds. The predicted molar refractivity (Wildman–Crippen MR) is 71.7 cm³/mol. The minimum Gasteiger partial charge on any atom is -0.303 e. The summed E-state index contributed by atoms with van der Waals surface area (Å²) in [5.41, 5.74) is 1.96. The van der Waals surface area contributed by atoms with Crippen molar-refractivity contribution in [3.05, 3.63) is 16.4 Å². The number of likely N-dealkylation sites (tertiary alicyclic amines) is 1. The summed E-state index contributed by atoms with van der Waals surface area (Å²) < 4.78 is 1.96. The number of carbonyl (C=O) groups excluding carboxylic acids is 1. The van der Waals surface area contributed by atoms with Gasteiger partial charge in [-0.05, 0) is 33.2 Å². The molecule has 0 aliphatic carbocycles. The van der Waals surface area contributed by atoms with E-state index in [9.17, 15) is 4.79 Å². The van der Waals surface area contributed by atoms with Gasteiger partial charge >= 0.3 is 0 Å². The first-order valence-electron chi connectivity index (χ1n) is 6.55. The fourth-order valence-electron chi connectivity index (χ4n) is 2.58. The highest BCUT2D eigenvalue weighted by Gasteiger charge is 2.22. The zero-order chi connectivity index (χ0) is 13.1. The first-order valence-corrected chi connectivity index (χ1v) is 6.93. The lowest BCUT2D eigenvalue weighted by molar-refractivity contribution is -0.112. The van der Waals surface area contributed by atoms with Gasteiger partial charge in [-0.2, -0.15) is 5.10 Å². The van der Waals surface area contributed by atoms with Crippen molar-refractivity contribution in [1.29, 1.82) is 0 Å². The maximum Gasteiger partial charge on any atom is 0.124 e. The molecule has 0 saturated carbocycles. The minimum absolute atomic E-state index is 0.177. The van der Waals surface area contributed by atoms with Gasteiger partial charge in [0, 0.05) is 25.6 Å². The van der Waals surface area contributed by atoms with Crippen molar-refractivity contribution in [2.45, 2.75) is 39.8 Å². The summed E-state index contributed by atoms with van der Waals surface area (Å²) in [6, 6.07) is 0. The fraction of sp³-hybridized carbons (Fsp3) is 0.692. The lowest BCUT2D eigenvalue weighted by Gasteiger charge is -2.30. The van der Waals surface area contributed by atoms with Crippen LogP contribution in [0.4, 0.5) is 0 Å². The van der Waals surface area contributed by atoms with Crippen molar-refractivity contribution in [3.8, 4) is 0 Å². The molecule has 0 N–H and O–H groups in total. The Hall–Kier alpha value is -0.870. The van der Waals surface area contributed by atoms with E-state index in [4.69, 9.17) is 11.6 Å². The van der Waals surface area contributed by atoms with Crippen molar-refractivity contribution in [3.63, 3.8) is 0 Å². The highest BCUT2D eigenvalue weighted by molar-refractivity contribution is 6.31. The number of nitrogens with zero attached hydrogens (tertiary/aromatic N) is 3. The topological polar surface area (TPSA) is 38.1 Å². The summed E-state index contributed by atoms with van der Waals surface area (Å²) in [6.07, 6.45) is 3.18.